The van der Waals surface area contributed by atoms with Crippen LogP contribution in [0.1, 0.15) is 24.2 Å². The molecule has 0 atom stereocenters. The Bertz CT molecular complexity index is 345. The average Bonchev–Trinajstić information content (AvgIpc) is 2.15. The first kappa shape index (κ1) is 10.3. The number of carboxylic acids is 1. The molecular weight excluding hydrogens is 180 g/mol. The van der Waals surface area contributed by atoms with E-state index >= 15 is 0 Å². The predicted octanol–water partition coefficient (Wildman–Crippen LogP) is 2.69. The maximum absolute atomic E-state index is 10.5. The first-order valence-electron chi connectivity index (χ1n) is 4.23. The molecule has 0 heterocycles. The molecule has 1 aromatic rings. The molecule has 0 bridgehead atoms. The lowest BCUT2D eigenvalue weighted by Crippen LogP contribution is -1.95. The van der Waals surface area contributed by atoms with Crippen molar-refractivity contribution in [3.8, 4) is 5.75 Å². The van der Waals surface area contributed by atoms with Gasteiger partial charge in [0.05, 0.1) is 11.8 Å². The van der Waals surface area contributed by atoms with Crippen LogP contribution in [-0.4, -0.2) is 11.1 Å². The molecule has 0 unspecified atom stereocenters. The zero-order valence-electron chi connectivity index (χ0n) is 8.15. The SMILES string of the molecule is CC(C)=COc1ccc(C(=O)O)cc1. The molecule has 0 aliphatic carbocycles. The van der Waals surface area contributed by atoms with Crippen molar-refractivity contribution in [3.05, 3.63) is 41.7 Å². The number of rotatable bonds is 3. The second-order valence-electron chi connectivity index (χ2n) is 3.14. The molecule has 0 amide bonds. The standard InChI is InChI=1S/C11H12O3/c1-8(2)7-14-10-5-3-9(4-6-10)11(12)13/h3-7H,1-2H3,(H,12,13). The maximum Gasteiger partial charge on any atom is 0.335 e. The lowest BCUT2D eigenvalue weighted by molar-refractivity contribution is 0.0697. The summed E-state index contributed by atoms with van der Waals surface area (Å²) in [4.78, 5) is 10.5. The van der Waals surface area contributed by atoms with Crippen molar-refractivity contribution < 1.29 is 14.6 Å². The third-order valence-corrected chi connectivity index (χ3v) is 1.53. The van der Waals surface area contributed by atoms with Gasteiger partial charge in [-0.1, -0.05) is 0 Å². The minimum Gasteiger partial charge on any atom is -0.478 e. The molecular formula is C11H12O3. The highest BCUT2D eigenvalue weighted by molar-refractivity contribution is 5.87. The van der Waals surface area contributed by atoms with E-state index in [-0.39, 0.29) is 5.56 Å². The second kappa shape index (κ2) is 4.46. The summed E-state index contributed by atoms with van der Waals surface area (Å²) in [6, 6.07) is 6.28. The van der Waals surface area contributed by atoms with Gasteiger partial charge in [0.1, 0.15) is 5.75 Å². The summed E-state index contributed by atoms with van der Waals surface area (Å²) < 4.78 is 5.25. The van der Waals surface area contributed by atoms with Crippen LogP contribution in [0.2, 0.25) is 0 Å². The molecule has 14 heavy (non-hydrogen) atoms. The van der Waals surface area contributed by atoms with Crippen LogP contribution in [0, 0.1) is 0 Å². The van der Waals surface area contributed by atoms with Crippen LogP contribution in [-0.2, 0) is 0 Å². The number of carboxylic acid groups (broad SMARTS) is 1. The van der Waals surface area contributed by atoms with Gasteiger partial charge in [-0.2, -0.15) is 0 Å². The summed E-state index contributed by atoms with van der Waals surface area (Å²) >= 11 is 0. The minimum absolute atomic E-state index is 0.259. The highest BCUT2D eigenvalue weighted by Crippen LogP contribution is 2.12. The summed E-state index contributed by atoms with van der Waals surface area (Å²) in [5.41, 5.74) is 1.31. The Kier molecular flexibility index (Phi) is 3.29. The van der Waals surface area contributed by atoms with Crippen molar-refractivity contribution in [1.29, 1.82) is 0 Å². The summed E-state index contributed by atoms with van der Waals surface area (Å²) in [7, 11) is 0. The van der Waals surface area contributed by atoms with Gasteiger partial charge in [-0.05, 0) is 43.7 Å². The Morgan fingerprint density at radius 1 is 1.29 bits per heavy atom. The molecule has 3 heteroatoms. The van der Waals surface area contributed by atoms with Crippen molar-refractivity contribution >= 4 is 5.97 Å². The van der Waals surface area contributed by atoms with E-state index in [1.165, 1.54) is 12.1 Å². The Balaban J connectivity index is 2.74. The van der Waals surface area contributed by atoms with Crippen molar-refractivity contribution in [3.63, 3.8) is 0 Å². The average molecular weight is 192 g/mol. The lowest BCUT2D eigenvalue weighted by Gasteiger charge is -2.00. The topological polar surface area (TPSA) is 46.5 Å². The number of hydrogen-bond donors (Lipinski definition) is 1. The highest BCUT2D eigenvalue weighted by atomic mass is 16.5. The molecule has 0 saturated heterocycles. The monoisotopic (exact) mass is 192 g/mol. The van der Waals surface area contributed by atoms with Gasteiger partial charge in [-0.15, -0.1) is 0 Å². The third-order valence-electron chi connectivity index (χ3n) is 1.53. The third kappa shape index (κ3) is 2.94. The first-order chi connectivity index (χ1) is 6.59. The normalized spacial score (nSPS) is 9.29. The van der Waals surface area contributed by atoms with Crippen molar-refractivity contribution in [1.82, 2.24) is 0 Å². The van der Waals surface area contributed by atoms with Crippen LogP contribution in [0.4, 0.5) is 0 Å². The summed E-state index contributed by atoms with van der Waals surface area (Å²) in [6.45, 7) is 3.84. The molecule has 3 nitrogen and oxygen atoms in total. The maximum atomic E-state index is 10.5. The van der Waals surface area contributed by atoms with E-state index in [1.54, 1.807) is 18.4 Å². The number of carbonyl (C=O) groups is 1. The van der Waals surface area contributed by atoms with Crippen LogP contribution < -0.4 is 4.74 Å². The molecule has 0 spiro atoms. The molecule has 0 aliphatic heterocycles. The van der Waals surface area contributed by atoms with Crippen molar-refractivity contribution in [2.45, 2.75) is 13.8 Å². The zero-order valence-corrected chi connectivity index (χ0v) is 8.15. The number of allylic oxidation sites excluding steroid dienone is 1. The Hall–Kier alpha value is -1.77. The van der Waals surface area contributed by atoms with Gasteiger partial charge >= 0.3 is 5.97 Å². The molecule has 74 valence electrons. The first-order valence-corrected chi connectivity index (χ1v) is 4.23. The number of hydrogen-bond acceptors (Lipinski definition) is 2. The van der Waals surface area contributed by atoms with E-state index in [2.05, 4.69) is 0 Å². The number of benzene rings is 1. The van der Waals surface area contributed by atoms with E-state index < -0.39 is 5.97 Å². The Morgan fingerprint density at radius 2 is 1.86 bits per heavy atom. The molecule has 0 aliphatic rings. The molecule has 1 N–H and O–H groups in total. The van der Waals surface area contributed by atoms with E-state index in [9.17, 15) is 4.79 Å². The predicted molar refractivity (Wildman–Crippen MR) is 53.5 cm³/mol. The smallest absolute Gasteiger partial charge is 0.335 e. The van der Waals surface area contributed by atoms with Crippen LogP contribution in [0.15, 0.2) is 36.1 Å². The molecule has 0 radical (unpaired) electrons. The van der Waals surface area contributed by atoms with Crippen molar-refractivity contribution in [2.75, 3.05) is 0 Å². The van der Waals surface area contributed by atoms with E-state index in [1.807, 2.05) is 13.8 Å². The quantitative estimate of drug-likeness (QED) is 0.749. The summed E-state index contributed by atoms with van der Waals surface area (Å²) in [5.74, 6) is -0.296. The number of ether oxygens (including phenoxy) is 1. The molecule has 1 rings (SSSR count). The fourth-order valence-electron chi connectivity index (χ4n) is 0.862. The van der Waals surface area contributed by atoms with Gasteiger partial charge < -0.3 is 9.84 Å². The lowest BCUT2D eigenvalue weighted by atomic mass is 10.2. The zero-order chi connectivity index (χ0) is 10.6. The molecule has 1 aromatic carbocycles. The largest absolute Gasteiger partial charge is 0.478 e. The Labute approximate surface area is 82.6 Å². The summed E-state index contributed by atoms with van der Waals surface area (Å²) in [6.07, 6.45) is 1.62. The van der Waals surface area contributed by atoms with Gasteiger partial charge in [0.25, 0.3) is 0 Å². The van der Waals surface area contributed by atoms with Gasteiger partial charge in [0, 0.05) is 0 Å². The Morgan fingerprint density at radius 3 is 2.29 bits per heavy atom. The van der Waals surface area contributed by atoms with Gasteiger partial charge in [0.15, 0.2) is 0 Å². The van der Waals surface area contributed by atoms with Crippen molar-refractivity contribution in [2.24, 2.45) is 0 Å². The van der Waals surface area contributed by atoms with E-state index in [0.717, 1.165) is 5.57 Å². The molecule has 0 saturated carbocycles. The fourth-order valence-corrected chi connectivity index (χ4v) is 0.862. The van der Waals surface area contributed by atoms with Crippen LogP contribution in [0.5, 0.6) is 5.75 Å². The second-order valence-corrected chi connectivity index (χ2v) is 3.14. The number of aromatic carboxylic acids is 1. The highest BCUT2D eigenvalue weighted by Gasteiger charge is 2.00. The van der Waals surface area contributed by atoms with Crippen LogP contribution >= 0.6 is 0 Å². The van der Waals surface area contributed by atoms with Gasteiger partial charge in [-0.3, -0.25) is 0 Å². The van der Waals surface area contributed by atoms with Gasteiger partial charge in [0.2, 0.25) is 0 Å². The van der Waals surface area contributed by atoms with Crippen LogP contribution in [0.25, 0.3) is 0 Å². The van der Waals surface area contributed by atoms with Crippen LogP contribution in [0.3, 0.4) is 0 Å². The molecule has 0 fully saturated rings. The summed E-state index contributed by atoms with van der Waals surface area (Å²) in [5, 5.41) is 8.64. The fraction of sp³-hybridized carbons (Fsp3) is 0.182. The van der Waals surface area contributed by atoms with Gasteiger partial charge in [-0.25, -0.2) is 4.79 Å². The molecule has 0 aromatic heterocycles. The van der Waals surface area contributed by atoms with E-state index in [4.69, 9.17) is 9.84 Å². The minimum atomic E-state index is -0.932. The van der Waals surface area contributed by atoms with E-state index in [0.29, 0.717) is 5.75 Å².